The van der Waals surface area contributed by atoms with Gasteiger partial charge in [-0.2, -0.15) is 0 Å². The molecule has 0 unspecified atom stereocenters. The molecule has 1 aromatic carbocycles. The maximum Gasteiger partial charge on any atom is 0.123 e. The predicted octanol–water partition coefficient (Wildman–Crippen LogP) is 2.62. The summed E-state index contributed by atoms with van der Waals surface area (Å²) < 4.78 is 0. The van der Waals surface area contributed by atoms with Crippen LogP contribution in [0.1, 0.15) is 32.3 Å². The SMILES string of the molecule is CC(C)C1(CNCc2ccc(O)cc2O)CC1. The molecule has 3 nitrogen and oxygen atoms in total. The second-order valence-electron chi connectivity index (χ2n) is 5.43. The molecule has 1 saturated carbocycles. The van der Waals surface area contributed by atoms with E-state index in [1.165, 1.54) is 18.9 Å². The molecule has 0 aromatic heterocycles. The van der Waals surface area contributed by atoms with Crippen LogP contribution in [0.3, 0.4) is 0 Å². The van der Waals surface area contributed by atoms with Crippen LogP contribution in [-0.2, 0) is 6.54 Å². The van der Waals surface area contributed by atoms with Crippen LogP contribution in [0.15, 0.2) is 18.2 Å². The summed E-state index contributed by atoms with van der Waals surface area (Å²) in [5, 5.41) is 22.2. The van der Waals surface area contributed by atoms with Crippen molar-refractivity contribution in [3.05, 3.63) is 23.8 Å². The lowest BCUT2D eigenvalue weighted by atomic mass is 9.92. The van der Waals surface area contributed by atoms with Crippen LogP contribution in [0.5, 0.6) is 11.5 Å². The third-order valence-corrected chi connectivity index (χ3v) is 3.98. The van der Waals surface area contributed by atoms with Crippen molar-refractivity contribution in [3.63, 3.8) is 0 Å². The molecule has 17 heavy (non-hydrogen) atoms. The molecule has 1 aromatic rings. The first kappa shape index (κ1) is 12.2. The fraction of sp³-hybridized carbons (Fsp3) is 0.571. The second-order valence-corrected chi connectivity index (χ2v) is 5.43. The quantitative estimate of drug-likeness (QED) is 0.735. The van der Waals surface area contributed by atoms with E-state index in [0.717, 1.165) is 12.1 Å². The van der Waals surface area contributed by atoms with Gasteiger partial charge >= 0.3 is 0 Å². The second kappa shape index (κ2) is 4.57. The maximum absolute atomic E-state index is 9.65. The number of phenolic OH excluding ortho intramolecular Hbond substituents is 2. The van der Waals surface area contributed by atoms with Crippen LogP contribution in [0, 0.1) is 11.3 Å². The minimum Gasteiger partial charge on any atom is -0.508 e. The van der Waals surface area contributed by atoms with E-state index in [1.54, 1.807) is 12.1 Å². The summed E-state index contributed by atoms with van der Waals surface area (Å²) in [5.74, 6) is 0.974. The van der Waals surface area contributed by atoms with Gasteiger partial charge in [-0.25, -0.2) is 0 Å². The zero-order valence-corrected chi connectivity index (χ0v) is 10.5. The fourth-order valence-electron chi connectivity index (χ4n) is 2.27. The normalized spacial score (nSPS) is 17.4. The lowest BCUT2D eigenvalue weighted by Crippen LogP contribution is -2.27. The average Bonchev–Trinajstić information content (AvgIpc) is 3.02. The molecule has 1 aliphatic rings. The number of benzene rings is 1. The Morgan fingerprint density at radius 1 is 1.29 bits per heavy atom. The third kappa shape index (κ3) is 2.72. The Balaban J connectivity index is 1.86. The molecule has 2 rings (SSSR count). The summed E-state index contributed by atoms with van der Waals surface area (Å²) in [7, 11) is 0. The number of nitrogens with one attached hydrogen (secondary N) is 1. The van der Waals surface area contributed by atoms with Gasteiger partial charge in [-0.3, -0.25) is 0 Å². The van der Waals surface area contributed by atoms with Crippen molar-refractivity contribution >= 4 is 0 Å². The Morgan fingerprint density at radius 2 is 2.00 bits per heavy atom. The van der Waals surface area contributed by atoms with Crippen LogP contribution >= 0.6 is 0 Å². The number of hydrogen-bond donors (Lipinski definition) is 3. The molecule has 0 radical (unpaired) electrons. The minimum atomic E-state index is 0.104. The predicted molar refractivity (Wildman–Crippen MR) is 68.0 cm³/mol. The number of aromatic hydroxyl groups is 2. The molecule has 0 saturated heterocycles. The van der Waals surface area contributed by atoms with Crippen molar-refractivity contribution in [2.45, 2.75) is 33.2 Å². The molecule has 3 heteroatoms. The highest BCUT2D eigenvalue weighted by Gasteiger charge is 2.44. The zero-order chi connectivity index (χ0) is 12.5. The number of rotatable bonds is 5. The summed E-state index contributed by atoms with van der Waals surface area (Å²) in [5.41, 5.74) is 1.31. The third-order valence-electron chi connectivity index (χ3n) is 3.98. The molecule has 0 bridgehead atoms. The first-order valence-electron chi connectivity index (χ1n) is 6.25. The van der Waals surface area contributed by atoms with Gasteiger partial charge < -0.3 is 15.5 Å². The standard InChI is InChI=1S/C14H21NO2/c1-10(2)14(5-6-14)9-15-8-11-3-4-12(16)7-13(11)17/h3-4,7,10,15-17H,5-6,8-9H2,1-2H3. The van der Waals surface area contributed by atoms with Crippen molar-refractivity contribution in [1.82, 2.24) is 5.32 Å². The summed E-state index contributed by atoms with van der Waals surface area (Å²) in [6, 6.07) is 4.74. The largest absolute Gasteiger partial charge is 0.508 e. The van der Waals surface area contributed by atoms with Gasteiger partial charge in [0.05, 0.1) is 0 Å². The smallest absolute Gasteiger partial charge is 0.123 e. The van der Waals surface area contributed by atoms with E-state index in [-0.39, 0.29) is 11.5 Å². The number of phenols is 2. The highest BCUT2D eigenvalue weighted by Crippen LogP contribution is 2.51. The van der Waals surface area contributed by atoms with Gasteiger partial charge in [-0.05, 0) is 30.2 Å². The first-order chi connectivity index (χ1) is 8.03. The molecular formula is C14H21NO2. The van der Waals surface area contributed by atoms with Gasteiger partial charge in [0.25, 0.3) is 0 Å². The zero-order valence-electron chi connectivity index (χ0n) is 10.5. The van der Waals surface area contributed by atoms with E-state index in [2.05, 4.69) is 19.2 Å². The Kier molecular flexibility index (Phi) is 3.29. The lowest BCUT2D eigenvalue weighted by Gasteiger charge is -2.20. The molecule has 3 N–H and O–H groups in total. The van der Waals surface area contributed by atoms with Crippen molar-refractivity contribution in [1.29, 1.82) is 0 Å². The van der Waals surface area contributed by atoms with Gasteiger partial charge in [0.2, 0.25) is 0 Å². The van der Waals surface area contributed by atoms with Crippen molar-refractivity contribution in [2.24, 2.45) is 11.3 Å². The van der Waals surface area contributed by atoms with Gasteiger partial charge in [-0.15, -0.1) is 0 Å². The highest BCUT2D eigenvalue weighted by atomic mass is 16.3. The summed E-state index contributed by atoms with van der Waals surface area (Å²) >= 11 is 0. The van der Waals surface area contributed by atoms with Gasteiger partial charge in [-0.1, -0.05) is 19.9 Å². The maximum atomic E-state index is 9.65. The lowest BCUT2D eigenvalue weighted by molar-refractivity contribution is 0.336. The molecule has 0 heterocycles. The monoisotopic (exact) mass is 235 g/mol. The van der Waals surface area contributed by atoms with Crippen LogP contribution < -0.4 is 5.32 Å². The molecule has 1 fully saturated rings. The molecule has 1 aliphatic carbocycles. The van der Waals surface area contributed by atoms with Gasteiger partial charge in [0.15, 0.2) is 0 Å². The van der Waals surface area contributed by atoms with Crippen molar-refractivity contribution in [2.75, 3.05) is 6.54 Å². The first-order valence-corrected chi connectivity index (χ1v) is 6.25. The molecule has 0 amide bonds. The topological polar surface area (TPSA) is 52.5 Å². The summed E-state index contributed by atoms with van der Waals surface area (Å²) in [6.45, 7) is 6.20. The van der Waals surface area contributed by atoms with E-state index < -0.39 is 0 Å². The van der Waals surface area contributed by atoms with Crippen LogP contribution in [0.25, 0.3) is 0 Å². The van der Waals surface area contributed by atoms with Gasteiger partial charge in [0, 0.05) is 24.7 Å². The Hall–Kier alpha value is -1.22. The number of hydrogen-bond acceptors (Lipinski definition) is 3. The van der Waals surface area contributed by atoms with Crippen LogP contribution in [0.2, 0.25) is 0 Å². The Bertz CT molecular complexity index is 397. The highest BCUT2D eigenvalue weighted by molar-refractivity contribution is 5.38. The molecular weight excluding hydrogens is 214 g/mol. The van der Waals surface area contributed by atoms with Crippen LogP contribution in [0.4, 0.5) is 0 Å². The molecule has 0 aliphatic heterocycles. The average molecular weight is 235 g/mol. The van der Waals surface area contributed by atoms with E-state index in [0.29, 0.717) is 17.9 Å². The van der Waals surface area contributed by atoms with Gasteiger partial charge in [0.1, 0.15) is 11.5 Å². The van der Waals surface area contributed by atoms with Crippen molar-refractivity contribution < 1.29 is 10.2 Å². The molecule has 0 atom stereocenters. The summed E-state index contributed by atoms with van der Waals surface area (Å²) in [4.78, 5) is 0. The molecule has 94 valence electrons. The fourth-order valence-corrected chi connectivity index (χ4v) is 2.27. The van der Waals surface area contributed by atoms with Crippen LogP contribution in [-0.4, -0.2) is 16.8 Å². The Labute approximate surface area is 102 Å². The minimum absolute atomic E-state index is 0.104. The Morgan fingerprint density at radius 3 is 2.53 bits per heavy atom. The van der Waals surface area contributed by atoms with Crippen molar-refractivity contribution in [3.8, 4) is 11.5 Å². The summed E-state index contributed by atoms with van der Waals surface area (Å²) in [6.07, 6.45) is 2.61. The van der Waals surface area contributed by atoms with E-state index in [9.17, 15) is 10.2 Å². The van der Waals surface area contributed by atoms with E-state index >= 15 is 0 Å². The van der Waals surface area contributed by atoms with E-state index in [1.807, 2.05) is 0 Å². The molecule has 0 spiro atoms. The van der Waals surface area contributed by atoms with E-state index in [4.69, 9.17) is 0 Å².